The first-order chi connectivity index (χ1) is 9.63. The first-order valence-corrected chi connectivity index (χ1v) is 7.06. The molecule has 1 rings (SSSR count). The van der Waals surface area contributed by atoms with Crippen LogP contribution in [-0.2, 0) is 9.59 Å². The highest BCUT2D eigenvalue weighted by Gasteiger charge is 2.45. The number of hydrogen-bond acceptors (Lipinski definition) is 3. The van der Waals surface area contributed by atoms with Gasteiger partial charge in [-0.3, -0.25) is 9.59 Å². The molecular formula is C13H22F3N3O2. The zero-order valence-corrected chi connectivity index (χ0v) is 12.2. The summed E-state index contributed by atoms with van der Waals surface area (Å²) in [6.45, 7) is 3.97. The van der Waals surface area contributed by atoms with E-state index in [4.69, 9.17) is 5.73 Å². The third kappa shape index (κ3) is 4.59. The fraction of sp³-hybridized carbons (Fsp3) is 0.846. The van der Waals surface area contributed by atoms with Crippen LogP contribution in [0.2, 0.25) is 0 Å². The second-order valence-electron chi connectivity index (χ2n) is 5.52. The van der Waals surface area contributed by atoms with Crippen LogP contribution in [0.3, 0.4) is 0 Å². The molecule has 1 fully saturated rings. The summed E-state index contributed by atoms with van der Waals surface area (Å²) in [5, 5.41) is 4.43. The number of carbonyl (C=O) groups excluding carboxylic acids is 2. The SMILES string of the molecule is CCC(N)(CC)CNC(=O)C1CCC(C(F)(F)F)NC1=O. The quantitative estimate of drug-likeness (QED) is 0.664. The van der Waals surface area contributed by atoms with Crippen molar-refractivity contribution in [2.75, 3.05) is 6.54 Å². The van der Waals surface area contributed by atoms with Gasteiger partial charge in [0.25, 0.3) is 0 Å². The van der Waals surface area contributed by atoms with Crippen LogP contribution in [0.5, 0.6) is 0 Å². The number of carbonyl (C=O) groups is 2. The minimum Gasteiger partial charge on any atom is -0.354 e. The van der Waals surface area contributed by atoms with E-state index in [1.807, 2.05) is 19.2 Å². The summed E-state index contributed by atoms with van der Waals surface area (Å²) in [4.78, 5) is 23.6. The standard InChI is InChI=1S/C13H22F3N3O2/c1-3-12(17,4-2)7-18-10(20)8-5-6-9(13(14,15)16)19-11(8)21/h8-9H,3-7,17H2,1-2H3,(H,18,20)(H,19,21). The Bertz CT molecular complexity index is 395. The first-order valence-electron chi connectivity index (χ1n) is 7.06. The van der Waals surface area contributed by atoms with E-state index in [1.165, 1.54) is 0 Å². The lowest BCUT2D eigenvalue weighted by molar-refractivity contribution is -0.171. The molecule has 2 atom stereocenters. The predicted octanol–water partition coefficient (Wildman–Crippen LogP) is 1.08. The Morgan fingerprint density at radius 2 is 1.90 bits per heavy atom. The minimum atomic E-state index is -4.48. The number of hydrogen-bond donors (Lipinski definition) is 3. The number of nitrogens with one attached hydrogen (secondary N) is 2. The maximum absolute atomic E-state index is 12.5. The summed E-state index contributed by atoms with van der Waals surface area (Å²) in [7, 11) is 0. The molecule has 0 radical (unpaired) electrons. The summed E-state index contributed by atoms with van der Waals surface area (Å²) in [6, 6.07) is -1.87. The Morgan fingerprint density at radius 3 is 2.33 bits per heavy atom. The summed E-state index contributed by atoms with van der Waals surface area (Å²) < 4.78 is 37.5. The molecule has 0 aromatic carbocycles. The van der Waals surface area contributed by atoms with E-state index in [-0.39, 0.29) is 19.4 Å². The van der Waals surface area contributed by atoms with Crippen molar-refractivity contribution in [2.45, 2.75) is 57.3 Å². The van der Waals surface area contributed by atoms with E-state index in [1.54, 1.807) is 0 Å². The van der Waals surface area contributed by atoms with Crippen LogP contribution in [0.25, 0.3) is 0 Å². The third-order valence-corrected chi connectivity index (χ3v) is 4.11. The monoisotopic (exact) mass is 309 g/mol. The lowest BCUT2D eigenvalue weighted by Crippen LogP contribution is -2.56. The van der Waals surface area contributed by atoms with Crippen LogP contribution in [-0.4, -0.2) is 36.1 Å². The van der Waals surface area contributed by atoms with Crippen molar-refractivity contribution in [3.05, 3.63) is 0 Å². The van der Waals surface area contributed by atoms with Gasteiger partial charge in [0.1, 0.15) is 12.0 Å². The first kappa shape index (κ1) is 17.7. The highest BCUT2D eigenvalue weighted by molar-refractivity contribution is 6.00. The lowest BCUT2D eigenvalue weighted by atomic mass is 9.91. The molecule has 8 heteroatoms. The number of halogens is 3. The van der Waals surface area contributed by atoms with Gasteiger partial charge < -0.3 is 16.4 Å². The molecule has 0 bridgehead atoms. The number of nitrogens with two attached hydrogens (primary N) is 1. The normalized spacial score (nSPS) is 23.6. The molecule has 4 N–H and O–H groups in total. The fourth-order valence-electron chi connectivity index (χ4n) is 2.19. The Hall–Kier alpha value is -1.31. The number of piperidine rings is 1. The van der Waals surface area contributed by atoms with Crippen LogP contribution in [0, 0.1) is 5.92 Å². The summed E-state index contributed by atoms with van der Waals surface area (Å²) in [6.07, 6.45) is -3.58. The molecule has 1 saturated heterocycles. The molecular weight excluding hydrogens is 287 g/mol. The van der Waals surface area contributed by atoms with Crippen molar-refractivity contribution in [2.24, 2.45) is 11.7 Å². The van der Waals surface area contributed by atoms with Crippen molar-refractivity contribution >= 4 is 11.8 Å². The van der Waals surface area contributed by atoms with Gasteiger partial charge in [-0.1, -0.05) is 13.8 Å². The van der Waals surface area contributed by atoms with E-state index in [0.717, 1.165) is 0 Å². The molecule has 0 aromatic rings. The fourth-order valence-corrected chi connectivity index (χ4v) is 2.19. The molecule has 0 saturated carbocycles. The Balaban J connectivity index is 2.56. The van der Waals surface area contributed by atoms with Gasteiger partial charge in [-0.15, -0.1) is 0 Å². The zero-order chi connectivity index (χ0) is 16.3. The molecule has 21 heavy (non-hydrogen) atoms. The maximum Gasteiger partial charge on any atom is 0.408 e. The molecule has 1 aliphatic heterocycles. The Morgan fingerprint density at radius 1 is 1.33 bits per heavy atom. The second kappa shape index (κ2) is 6.64. The van der Waals surface area contributed by atoms with Gasteiger partial charge in [-0.25, -0.2) is 0 Å². The van der Waals surface area contributed by atoms with Gasteiger partial charge >= 0.3 is 6.18 Å². The van der Waals surface area contributed by atoms with E-state index in [9.17, 15) is 22.8 Å². The summed E-state index contributed by atoms with van der Waals surface area (Å²) >= 11 is 0. The third-order valence-electron chi connectivity index (χ3n) is 4.11. The van der Waals surface area contributed by atoms with E-state index in [0.29, 0.717) is 12.8 Å². The smallest absolute Gasteiger partial charge is 0.354 e. The van der Waals surface area contributed by atoms with Gasteiger partial charge in [0.15, 0.2) is 0 Å². The minimum absolute atomic E-state index is 0.113. The zero-order valence-electron chi connectivity index (χ0n) is 12.2. The molecule has 0 aliphatic carbocycles. The van der Waals surface area contributed by atoms with E-state index in [2.05, 4.69) is 5.32 Å². The van der Waals surface area contributed by atoms with Crippen molar-refractivity contribution < 1.29 is 22.8 Å². The number of amides is 2. The van der Waals surface area contributed by atoms with Crippen molar-refractivity contribution in [3.8, 4) is 0 Å². The highest BCUT2D eigenvalue weighted by atomic mass is 19.4. The maximum atomic E-state index is 12.5. The van der Waals surface area contributed by atoms with Gasteiger partial charge in [0.2, 0.25) is 11.8 Å². The summed E-state index contributed by atoms with van der Waals surface area (Å²) in [5.74, 6) is -2.52. The van der Waals surface area contributed by atoms with Crippen LogP contribution in [0.1, 0.15) is 39.5 Å². The van der Waals surface area contributed by atoms with Gasteiger partial charge in [-0.2, -0.15) is 13.2 Å². The average Bonchev–Trinajstić information content (AvgIpc) is 2.43. The predicted molar refractivity (Wildman–Crippen MR) is 71.2 cm³/mol. The molecule has 0 spiro atoms. The largest absolute Gasteiger partial charge is 0.408 e. The topological polar surface area (TPSA) is 84.2 Å². The second-order valence-corrected chi connectivity index (χ2v) is 5.52. The number of alkyl halides is 3. The van der Waals surface area contributed by atoms with Gasteiger partial charge in [0.05, 0.1) is 0 Å². The molecule has 1 aliphatic rings. The lowest BCUT2D eigenvalue weighted by Gasteiger charge is -2.31. The van der Waals surface area contributed by atoms with Crippen molar-refractivity contribution in [3.63, 3.8) is 0 Å². The molecule has 122 valence electrons. The average molecular weight is 309 g/mol. The van der Waals surface area contributed by atoms with Crippen molar-refractivity contribution in [1.29, 1.82) is 0 Å². The van der Waals surface area contributed by atoms with Crippen molar-refractivity contribution in [1.82, 2.24) is 10.6 Å². The highest BCUT2D eigenvalue weighted by Crippen LogP contribution is 2.28. The van der Waals surface area contributed by atoms with E-state index < -0.39 is 35.5 Å². The molecule has 1 heterocycles. The Kier molecular flexibility index (Phi) is 5.61. The van der Waals surface area contributed by atoms with Gasteiger partial charge in [0, 0.05) is 12.1 Å². The number of rotatable bonds is 5. The molecule has 2 amide bonds. The van der Waals surface area contributed by atoms with Gasteiger partial charge in [-0.05, 0) is 25.7 Å². The van der Waals surface area contributed by atoms with Crippen LogP contribution in [0.4, 0.5) is 13.2 Å². The van der Waals surface area contributed by atoms with Crippen LogP contribution in [0.15, 0.2) is 0 Å². The van der Waals surface area contributed by atoms with Crippen LogP contribution < -0.4 is 16.4 Å². The van der Waals surface area contributed by atoms with Crippen LogP contribution >= 0.6 is 0 Å². The molecule has 5 nitrogen and oxygen atoms in total. The Labute approximate surface area is 121 Å². The molecule has 2 unspecified atom stereocenters. The summed E-state index contributed by atoms with van der Waals surface area (Å²) in [5.41, 5.74) is 5.46. The molecule has 0 aromatic heterocycles. The van der Waals surface area contributed by atoms with E-state index >= 15 is 0 Å².